The standard InChI is InChI=1S/C31H35NO5/c1-3-36-27-18-21(14-15-25(27)33)29-28(31(35)37-23-12-8-5-9-13-23)19(2)32-24-16-22(17-26(34)30(24)29)20-10-6-4-7-11-20/h4,6-7,10-11,14-15,18,22-23,29-30,33H,3,5,8-9,12-13,16-17H2,1-2H3/t22-,29+,30?/m0/s1. The normalized spacial score (nSPS) is 24.3. The summed E-state index contributed by atoms with van der Waals surface area (Å²) < 4.78 is 11.7. The molecule has 5 rings (SSSR count). The van der Waals surface area contributed by atoms with E-state index in [4.69, 9.17) is 14.5 Å². The first-order chi connectivity index (χ1) is 18.0. The lowest BCUT2D eigenvalue weighted by Crippen LogP contribution is -2.41. The van der Waals surface area contributed by atoms with Crippen molar-refractivity contribution in [3.8, 4) is 11.5 Å². The van der Waals surface area contributed by atoms with Gasteiger partial charge in [0.15, 0.2) is 11.5 Å². The number of aromatic hydroxyl groups is 1. The first kappa shape index (κ1) is 25.2. The Morgan fingerprint density at radius 2 is 1.76 bits per heavy atom. The van der Waals surface area contributed by atoms with Crippen molar-refractivity contribution in [3.63, 3.8) is 0 Å². The number of allylic oxidation sites excluding steroid dienone is 1. The number of hydrogen-bond acceptors (Lipinski definition) is 6. The van der Waals surface area contributed by atoms with Gasteiger partial charge in [-0.3, -0.25) is 9.79 Å². The van der Waals surface area contributed by atoms with E-state index >= 15 is 0 Å². The second-order valence-corrected chi connectivity index (χ2v) is 10.4. The minimum absolute atomic E-state index is 0.0291. The van der Waals surface area contributed by atoms with Crippen LogP contribution in [-0.4, -0.2) is 35.3 Å². The largest absolute Gasteiger partial charge is 0.504 e. The summed E-state index contributed by atoms with van der Waals surface area (Å²) in [6, 6.07) is 15.2. The number of ketones is 1. The van der Waals surface area contributed by atoms with Crippen molar-refractivity contribution in [2.75, 3.05) is 6.61 Å². The van der Waals surface area contributed by atoms with Crippen molar-refractivity contribution < 1.29 is 24.2 Å². The predicted molar refractivity (Wildman–Crippen MR) is 142 cm³/mol. The van der Waals surface area contributed by atoms with E-state index in [-0.39, 0.29) is 29.5 Å². The summed E-state index contributed by atoms with van der Waals surface area (Å²) in [7, 11) is 0. The molecule has 2 saturated carbocycles. The monoisotopic (exact) mass is 501 g/mol. The van der Waals surface area contributed by atoms with Crippen LogP contribution in [0.4, 0.5) is 0 Å². The Kier molecular flexibility index (Phi) is 7.45. The predicted octanol–water partition coefficient (Wildman–Crippen LogP) is 6.24. The number of carbonyl (C=O) groups is 2. The molecule has 3 aliphatic rings. The van der Waals surface area contributed by atoms with Crippen LogP contribution < -0.4 is 4.74 Å². The first-order valence-electron chi connectivity index (χ1n) is 13.5. The Labute approximate surface area is 218 Å². The molecule has 0 aromatic heterocycles. The van der Waals surface area contributed by atoms with Crippen LogP contribution >= 0.6 is 0 Å². The zero-order valence-electron chi connectivity index (χ0n) is 21.6. The van der Waals surface area contributed by atoms with E-state index in [1.807, 2.05) is 32.0 Å². The molecule has 2 aromatic rings. The lowest BCUT2D eigenvalue weighted by atomic mass is 9.66. The zero-order valence-corrected chi connectivity index (χ0v) is 21.6. The van der Waals surface area contributed by atoms with E-state index in [1.54, 1.807) is 18.2 Å². The smallest absolute Gasteiger partial charge is 0.336 e. The van der Waals surface area contributed by atoms with Crippen LogP contribution in [0.25, 0.3) is 0 Å². The molecule has 1 N–H and O–H groups in total. The van der Waals surface area contributed by atoms with Crippen molar-refractivity contribution in [1.29, 1.82) is 0 Å². The Balaban J connectivity index is 1.56. The molecule has 1 unspecified atom stereocenters. The highest BCUT2D eigenvalue weighted by Crippen LogP contribution is 2.47. The van der Waals surface area contributed by atoms with Gasteiger partial charge in [-0.15, -0.1) is 0 Å². The molecular formula is C31H35NO5. The fourth-order valence-electron chi connectivity index (χ4n) is 6.16. The van der Waals surface area contributed by atoms with Crippen LogP contribution in [-0.2, 0) is 14.3 Å². The maximum absolute atomic E-state index is 13.8. The fourth-order valence-corrected chi connectivity index (χ4v) is 6.16. The molecule has 6 nitrogen and oxygen atoms in total. The SMILES string of the molecule is CCOc1cc([C@@H]2C(C(=O)OC3CCCCC3)=C(C)N=C3C[C@H](c4ccccc4)CC(=O)C32)ccc1O. The summed E-state index contributed by atoms with van der Waals surface area (Å²) in [6.45, 7) is 4.08. The van der Waals surface area contributed by atoms with E-state index < -0.39 is 11.8 Å². The molecule has 0 radical (unpaired) electrons. The molecule has 37 heavy (non-hydrogen) atoms. The minimum Gasteiger partial charge on any atom is -0.504 e. The van der Waals surface area contributed by atoms with Crippen LogP contribution in [0.1, 0.15) is 81.8 Å². The van der Waals surface area contributed by atoms with Gasteiger partial charge in [0.25, 0.3) is 0 Å². The first-order valence-corrected chi connectivity index (χ1v) is 13.5. The average molecular weight is 502 g/mol. The molecule has 0 saturated heterocycles. The van der Waals surface area contributed by atoms with Crippen molar-refractivity contribution in [2.24, 2.45) is 10.9 Å². The molecule has 6 heteroatoms. The number of carbonyl (C=O) groups excluding carboxylic acids is 2. The van der Waals surface area contributed by atoms with Gasteiger partial charge in [0.2, 0.25) is 0 Å². The van der Waals surface area contributed by atoms with Gasteiger partial charge in [-0.2, -0.15) is 0 Å². The third-order valence-electron chi connectivity index (χ3n) is 7.91. The van der Waals surface area contributed by atoms with E-state index in [0.717, 1.165) is 42.5 Å². The number of phenolic OH excluding ortho intramolecular Hbond substituents is 1. The maximum atomic E-state index is 13.8. The molecule has 0 amide bonds. The summed E-state index contributed by atoms with van der Waals surface area (Å²) in [4.78, 5) is 32.3. The van der Waals surface area contributed by atoms with Crippen molar-refractivity contribution in [1.82, 2.24) is 0 Å². The van der Waals surface area contributed by atoms with Gasteiger partial charge in [0.05, 0.1) is 18.1 Å². The van der Waals surface area contributed by atoms with Crippen LogP contribution in [0.5, 0.6) is 11.5 Å². The summed E-state index contributed by atoms with van der Waals surface area (Å²) in [5, 5.41) is 10.3. The summed E-state index contributed by atoms with van der Waals surface area (Å²) >= 11 is 0. The van der Waals surface area contributed by atoms with E-state index in [2.05, 4.69) is 12.1 Å². The highest BCUT2D eigenvalue weighted by atomic mass is 16.5. The second kappa shape index (κ2) is 10.9. The quantitative estimate of drug-likeness (QED) is 0.474. The van der Waals surface area contributed by atoms with Crippen molar-refractivity contribution in [3.05, 3.63) is 70.9 Å². The molecule has 0 bridgehead atoms. The maximum Gasteiger partial charge on any atom is 0.336 e. The third-order valence-corrected chi connectivity index (χ3v) is 7.91. The second-order valence-electron chi connectivity index (χ2n) is 10.4. The Morgan fingerprint density at radius 3 is 2.49 bits per heavy atom. The Hall–Kier alpha value is -3.41. The zero-order chi connectivity index (χ0) is 25.9. The van der Waals surface area contributed by atoms with Gasteiger partial charge < -0.3 is 14.6 Å². The topological polar surface area (TPSA) is 85.2 Å². The molecule has 2 aliphatic carbocycles. The Morgan fingerprint density at radius 1 is 1.00 bits per heavy atom. The highest BCUT2D eigenvalue weighted by Gasteiger charge is 2.46. The highest BCUT2D eigenvalue weighted by molar-refractivity contribution is 6.12. The van der Waals surface area contributed by atoms with E-state index in [9.17, 15) is 14.7 Å². The lowest BCUT2D eigenvalue weighted by Gasteiger charge is -2.38. The van der Waals surface area contributed by atoms with Gasteiger partial charge in [0, 0.05) is 23.7 Å². The molecular weight excluding hydrogens is 466 g/mol. The number of aliphatic imine (C=N–C) groups is 1. The summed E-state index contributed by atoms with van der Waals surface area (Å²) in [6.07, 6.45) is 5.96. The van der Waals surface area contributed by atoms with E-state index in [1.165, 1.54) is 6.42 Å². The van der Waals surface area contributed by atoms with Crippen LogP contribution in [0.15, 0.2) is 64.8 Å². The van der Waals surface area contributed by atoms with Crippen molar-refractivity contribution >= 4 is 17.5 Å². The molecule has 1 aliphatic heterocycles. The number of benzene rings is 2. The number of ether oxygens (including phenoxy) is 2. The fraction of sp³-hybridized carbons (Fsp3) is 0.452. The third kappa shape index (κ3) is 5.20. The number of rotatable bonds is 6. The number of Topliss-reactive ketones (excluding diaryl/α,β-unsaturated/α-hetero) is 1. The molecule has 1 heterocycles. The van der Waals surface area contributed by atoms with Gasteiger partial charge in [-0.1, -0.05) is 42.8 Å². The average Bonchev–Trinajstić information content (AvgIpc) is 2.90. The molecule has 2 aromatic carbocycles. The number of nitrogens with zero attached hydrogens (tertiary/aromatic N) is 1. The summed E-state index contributed by atoms with van der Waals surface area (Å²) in [5.41, 5.74) is 3.73. The molecule has 194 valence electrons. The molecule has 2 fully saturated rings. The van der Waals surface area contributed by atoms with Gasteiger partial charge in [0.1, 0.15) is 11.9 Å². The van der Waals surface area contributed by atoms with E-state index in [0.29, 0.717) is 36.5 Å². The number of hydrogen-bond donors (Lipinski definition) is 1. The van der Waals surface area contributed by atoms with Crippen molar-refractivity contribution in [2.45, 2.75) is 76.7 Å². The Bertz CT molecular complexity index is 1230. The van der Waals surface area contributed by atoms with Crippen LogP contribution in [0, 0.1) is 5.92 Å². The van der Waals surface area contributed by atoms with Gasteiger partial charge in [-0.05, 0) is 75.1 Å². The van der Waals surface area contributed by atoms with Crippen LogP contribution in [0.3, 0.4) is 0 Å². The number of fused-ring (bicyclic) bond motifs is 1. The van der Waals surface area contributed by atoms with Gasteiger partial charge in [-0.25, -0.2) is 4.79 Å². The number of esters is 1. The summed E-state index contributed by atoms with van der Waals surface area (Å²) in [5.74, 6) is -0.962. The van der Waals surface area contributed by atoms with Gasteiger partial charge >= 0.3 is 5.97 Å². The minimum atomic E-state index is -0.545. The number of phenols is 1. The molecule has 3 atom stereocenters. The lowest BCUT2D eigenvalue weighted by molar-refractivity contribution is -0.146. The molecule has 0 spiro atoms. The van der Waals surface area contributed by atoms with Crippen LogP contribution in [0.2, 0.25) is 0 Å².